The molecule has 37 heavy (non-hydrogen) atoms. The molecule has 0 saturated carbocycles. The molecule has 1 atom stereocenters. The van der Waals surface area contributed by atoms with Crippen molar-refractivity contribution in [3.05, 3.63) is 84.4 Å². The molecule has 0 radical (unpaired) electrons. The molecule has 3 aromatic rings. The van der Waals surface area contributed by atoms with Gasteiger partial charge in [0.15, 0.2) is 0 Å². The molecule has 196 valence electrons. The molecule has 0 bridgehead atoms. The molecular weight excluding hydrogens is 464 g/mol. The second kappa shape index (κ2) is 12.1. The van der Waals surface area contributed by atoms with E-state index in [9.17, 15) is 9.59 Å². The fourth-order valence-electron chi connectivity index (χ4n) is 3.75. The number of esters is 2. The third-order valence-electron chi connectivity index (χ3n) is 5.87. The van der Waals surface area contributed by atoms with Gasteiger partial charge in [-0.3, -0.25) is 4.79 Å². The van der Waals surface area contributed by atoms with Crippen LogP contribution in [0.5, 0.6) is 11.5 Å². The summed E-state index contributed by atoms with van der Waals surface area (Å²) in [5, 5.41) is 0. The first kappa shape index (κ1) is 28.0. The molecule has 0 aliphatic rings. The minimum absolute atomic E-state index is 0.0588. The zero-order valence-corrected chi connectivity index (χ0v) is 22.7. The third kappa shape index (κ3) is 9.09. The SMILES string of the molecule is CC(C)(C)CC(OC(=O)CCOc1ccc(C(=O)Oc2ccc(-c3ccccc3)cc2)cc1)C(C)(C)C. The van der Waals surface area contributed by atoms with Gasteiger partial charge in [-0.15, -0.1) is 0 Å². The normalized spacial score (nSPS) is 12.5. The van der Waals surface area contributed by atoms with E-state index in [1.54, 1.807) is 36.4 Å². The van der Waals surface area contributed by atoms with Crippen molar-refractivity contribution in [3.63, 3.8) is 0 Å². The Morgan fingerprint density at radius 3 is 1.86 bits per heavy atom. The molecule has 0 N–H and O–H groups in total. The highest BCUT2D eigenvalue weighted by Gasteiger charge is 2.32. The highest BCUT2D eigenvalue weighted by molar-refractivity contribution is 5.91. The quantitative estimate of drug-likeness (QED) is 0.221. The van der Waals surface area contributed by atoms with Crippen LogP contribution in [0.25, 0.3) is 11.1 Å². The van der Waals surface area contributed by atoms with Gasteiger partial charge < -0.3 is 14.2 Å². The Morgan fingerprint density at radius 1 is 0.730 bits per heavy atom. The molecule has 0 aromatic heterocycles. The summed E-state index contributed by atoms with van der Waals surface area (Å²) in [5.41, 5.74) is 2.48. The van der Waals surface area contributed by atoms with Gasteiger partial charge in [-0.2, -0.15) is 0 Å². The van der Waals surface area contributed by atoms with E-state index < -0.39 is 5.97 Å². The molecule has 3 aromatic carbocycles. The number of carbonyl (C=O) groups is 2. The van der Waals surface area contributed by atoms with E-state index in [1.807, 2.05) is 42.5 Å². The summed E-state index contributed by atoms with van der Waals surface area (Å²) in [7, 11) is 0. The lowest BCUT2D eigenvalue weighted by Crippen LogP contribution is -2.35. The fourth-order valence-corrected chi connectivity index (χ4v) is 3.75. The number of benzene rings is 3. The minimum atomic E-state index is -0.449. The molecule has 0 spiro atoms. The zero-order chi connectivity index (χ0) is 27.1. The van der Waals surface area contributed by atoms with Gasteiger partial charge in [0.2, 0.25) is 0 Å². The van der Waals surface area contributed by atoms with Crippen molar-refractivity contribution in [1.29, 1.82) is 0 Å². The van der Waals surface area contributed by atoms with Crippen LogP contribution in [0.15, 0.2) is 78.9 Å². The Hall–Kier alpha value is -3.60. The van der Waals surface area contributed by atoms with E-state index in [1.165, 1.54) is 0 Å². The topological polar surface area (TPSA) is 61.8 Å². The maximum Gasteiger partial charge on any atom is 0.343 e. The largest absolute Gasteiger partial charge is 0.493 e. The lowest BCUT2D eigenvalue weighted by molar-refractivity contribution is -0.157. The lowest BCUT2D eigenvalue weighted by atomic mass is 9.78. The molecule has 3 rings (SSSR count). The van der Waals surface area contributed by atoms with E-state index in [4.69, 9.17) is 14.2 Å². The number of rotatable bonds is 9. The predicted octanol–water partition coefficient (Wildman–Crippen LogP) is 7.74. The molecule has 0 fully saturated rings. The zero-order valence-electron chi connectivity index (χ0n) is 22.7. The minimum Gasteiger partial charge on any atom is -0.493 e. The molecule has 0 aliphatic heterocycles. The average molecular weight is 503 g/mol. The first-order valence-electron chi connectivity index (χ1n) is 12.7. The van der Waals surface area contributed by atoms with Crippen LogP contribution in [-0.4, -0.2) is 24.6 Å². The molecule has 0 amide bonds. The van der Waals surface area contributed by atoms with Crippen LogP contribution in [-0.2, 0) is 9.53 Å². The van der Waals surface area contributed by atoms with E-state index in [0.29, 0.717) is 17.1 Å². The van der Waals surface area contributed by atoms with Gasteiger partial charge in [0.05, 0.1) is 18.6 Å². The lowest BCUT2D eigenvalue weighted by Gasteiger charge is -2.35. The van der Waals surface area contributed by atoms with Crippen LogP contribution in [0.1, 0.15) is 64.7 Å². The average Bonchev–Trinajstić information content (AvgIpc) is 2.84. The van der Waals surface area contributed by atoms with Crippen molar-refractivity contribution in [3.8, 4) is 22.6 Å². The first-order chi connectivity index (χ1) is 17.4. The second-order valence-corrected chi connectivity index (χ2v) is 11.5. The van der Waals surface area contributed by atoms with Crippen LogP contribution in [0.2, 0.25) is 0 Å². The van der Waals surface area contributed by atoms with Crippen LogP contribution >= 0.6 is 0 Å². The maximum atomic E-state index is 12.5. The summed E-state index contributed by atoms with van der Waals surface area (Å²) < 4.78 is 17.0. The smallest absolute Gasteiger partial charge is 0.343 e. The van der Waals surface area contributed by atoms with Crippen molar-refractivity contribution in [1.82, 2.24) is 0 Å². The fraction of sp³-hybridized carbons (Fsp3) is 0.375. The molecule has 1 unspecified atom stereocenters. The summed E-state index contributed by atoms with van der Waals surface area (Å²) in [6, 6.07) is 24.1. The van der Waals surface area contributed by atoms with Gasteiger partial charge >= 0.3 is 11.9 Å². The Bertz CT molecular complexity index is 1150. The van der Waals surface area contributed by atoms with Gasteiger partial charge in [-0.25, -0.2) is 4.79 Å². The van der Waals surface area contributed by atoms with E-state index >= 15 is 0 Å². The highest BCUT2D eigenvalue weighted by Crippen LogP contribution is 2.33. The van der Waals surface area contributed by atoms with Crippen LogP contribution in [0.3, 0.4) is 0 Å². The molecule has 0 heterocycles. The van der Waals surface area contributed by atoms with Crippen LogP contribution in [0, 0.1) is 10.8 Å². The summed E-state index contributed by atoms with van der Waals surface area (Å²) in [4.78, 5) is 25.0. The first-order valence-corrected chi connectivity index (χ1v) is 12.7. The Labute approximate surface area is 220 Å². The van der Waals surface area contributed by atoms with E-state index in [0.717, 1.165) is 17.5 Å². The van der Waals surface area contributed by atoms with Gasteiger partial charge in [-0.05, 0) is 64.8 Å². The van der Waals surface area contributed by atoms with Crippen LogP contribution < -0.4 is 9.47 Å². The maximum absolute atomic E-state index is 12.5. The van der Waals surface area contributed by atoms with Crippen molar-refractivity contribution in [2.24, 2.45) is 10.8 Å². The molecule has 5 heteroatoms. The summed E-state index contributed by atoms with van der Waals surface area (Å²) in [5.74, 6) is 0.319. The molecular formula is C32H38O5. The van der Waals surface area contributed by atoms with Crippen molar-refractivity contribution < 1.29 is 23.8 Å². The van der Waals surface area contributed by atoms with Gasteiger partial charge in [0, 0.05) is 0 Å². The summed E-state index contributed by atoms with van der Waals surface area (Å²) >= 11 is 0. The number of ether oxygens (including phenoxy) is 3. The molecule has 5 nitrogen and oxygen atoms in total. The highest BCUT2D eigenvalue weighted by atomic mass is 16.5. The third-order valence-corrected chi connectivity index (χ3v) is 5.87. The number of carbonyl (C=O) groups excluding carboxylic acids is 2. The number of hydrogen-bond donors (Lipinski definition) is 0. The number of hydrogen-bond acceptors (Lipinski definition) is 5. The van der Waals surface area contributed by atoms with Gasteiger partial charge in [-0.1, -0.05) is 84.0 Å². The van der Waals surface area contributed by atoms with E-state index in [-0.39, 0.29) is 35.9 Å². The van der Waals surface area contributed by atoms with Crippen molar-refractivity contribution >= 4 is 11.9 Å². The van der Waals surface area contributed by atoms with Crippen molar-refractivity contribution in [2.45, 2.75) is 60.5 Å². The standard InChI is InChI=1S/C32H38O5/c1-31(2,3)22-28(32(4,5)6)37-29(33)20-21-35-26-16-14-25(15-17-26)30(34)36-27-18-12-24(13-19-27)23-10-8-7-9-11-23/h7-19,28H,20-22H2,1-6H3. The predicted molar refractivity (Wildman–Crippen MR) is 147 cm³/mol. The monoisotopic (exact) mass is 502 g/mol. The van der Waals surface area contributed by atoms with Gasteiger partial charge in [0.25, 0.3) is 0 Å². The second-order valence-electron chi connectivity index (χ2n) is 11.5. The Kier molecular flexibility index (Phi) is 9.14. The summed E-state index contributed by atoms with van der Waals surface area (Å²) in [6.07, 6.45) is 0.775. The Balaban J connectivity index is 1.47. The van der Waals surface area contributed by atoms with Crippen LogP contribution in [0.4, 0.5) is 0 Å². The van der Waals surface area contributed by atoms with Crippen molar-refractivity contribution in [2.75, 3.05) is 6.61 Å². The van der Waals surface area contributed by atoms with Gasteiger partial charge in [0.1, 0.15) is 17.6 Å². The Morgan fingerprint density at radius 2 is 1.30 bits per heavy atom. The molecule has 0 aliphatic carbocycles. The van der Waals surface area contributed by atoms with E-state index in [2.05, 4.69) is 41.5 Å². The summed E-state index contributed by atoms with van der Waals surface area (Å²) in [6.45, 7) is 12.9. The molecule has 0 saturated heterocycles.